The Kier molecular flexibility index (Phi) is 3.76. The maximum atomic E-state index is 12.4. The van der Waals surface area contributed by atoms with E-state index in [0.717, 1.165) is 11.3 Å². The number of nitrogens with two attached hydrogens (primary N) is 1. The molecule has 0 aliphatic rings. The van der Waals surface area contributed by atoms with E-state index in [1.807, 2.05) is 25.1 Å². The molecule has 0 fully saturated rings. The second-order valence-electron chi connectivity index (χ2n) is 4.44. The Hall–Kier alpha value is -2.00. The first-order valence-electron chi connectivity index (χ1n) is 5.89. The summed E-state index contributed by atoms with van der Waals surface area (Å²) < 4.78 is 0. The number of aryl methyl sites for hydroxylation is 1. The second kappa shape index (κ2) is 5.33. The quantitative estimate of drug-likeness (QED) is 0.852. The molecule has 0 aliphatic heterocycles. The van der Waals surface area contributed by atoms with E-state index < -0.39 is 0 Å². The van der Waals surface area contributed by atoms with Gasteiger partial charge in [0, 0.05) is 18.4 Å². The van der Waals surface area contributed by atoms with Crippen molar-refractivity contribution in [1.29, 1.82) is 0 Å². The number of hydrogen-bond donors (Lipinski definition) is 1. The van der Waals surface area contributed by atoms with E-state index in [0.29, 0.717) is 16.3 Å². The molecule has 2 aromatic rings. The molecule has 0 bridgehead atoms. The molecule has 0 heterocycles. The fourth-order valence-corrected chi connectivity index (χ4v) is 2.14. The average Bonchev–Trinajstić information content (AvgIpc) is 2.37. The highest BCUT2D eigenvalue weighted by Gasteiger charge is 2.16. The van der Waals surface area contributed by atoms with Crippen LogP contribution in [0.15, 0.2) is 42.5 Å². The molecule has 0 saturated heterocycles. The number of nitrogen functional groups attached to an aromatic ring is 1. The molecule has 98 valence electrons. The Balaban J connectivity index is 2.33. The molecule has 2 aromatic carbocycles. The molecule has 0 saturated carbocycles. The summed E-state index contributed by atoms with van der Waals surface area (Å²) in [6, 6.07) is 12.6. The van der Waals surface area contributed by atoms with E-state index in [9.17, 15) is 4.79 Å². The molecule has 4 heteroatoms. The van der Waals surface area contributed by atoms with Crippen molar-refractivity contribution < 1.29 is 4.79 Å². The molecule has 0 spiro atoms. The van der Waals surface area contributed by atoms with Gasteiger partial charge < -0.3 is 10.6 Å². The van der Waals surface area contributed by atoms with E-state index >= 15 is 0 Å². The van der Waals surface area contributed by atoms with Crippen LogP contribution in [0.4, 0.5) is 11.4 Å². The third kappa shape index (κ3) is 2.88. The molecule has 0 aromatic heterocycles. The van der Waals surface area contributed by atoms with Gasteiger partial charge in [-0.3, -0.25) is 4.79 Å². The fraction of sp³-hybridized carbons (Fsp3) is 0.133. The average molecular weight is 275 g/mol. The largest absolute Gasteiger partial charge is 0.399 e. The van der Waals surface area contributed by atoms with Gasteiger partial charge in [0.05, 0.1) is 10.6 Å². The van der Waals surface area contributed by atoms with Crippen LogP contribution in [0.5, 0.6) is 0 Å². The smallest absolute Gasteiger partial charge is 0.259 e. The lowest BCUT2D eigenvalue weighted by Crippen LogP contribution is -2.26. The Morgan fingerprint density at radius 2 is 1.95 bits per heavy atom. The first-order valence-corrected chi connectivity index (χ1v) is 6.26. The second-order valence-corrected chi connectivity index (χ2v) is 4.85. The van der Waals surface area contributed by atoms with Crippen LogP contribution >= 0.6 is 11.6 Å². The summed E-state index contributed by atoms with van der Waals surface area (Å²) in [5.74, 6) is -0.157. The van der Waals surface area contributed by atoms with E-state index in [2.05, 4.69) is 0 Å². The summed E-state index contributed by atoms with van der Waals surface area (Å²) in [4.78, 5) is 13.9. The van der Waals surface area contributed by atoms with Gasteiger partial charge in [0.25, 0.3) is 5.91 Å². The number of benzene rings is 2. The summed E-state index contributed by atoms with van der Waals surface area (Å²) in [5.41, 5.74) is 8.58. The number of hydrogen-bond acceptors (Lipinski definition) is 2. The zero-order valence-electron chi connectivity index (χ0n) is 10.9. The lowest BCUT2D eigenvalue weighted by molar-refractivity contribution is 0.0993. The van der Waals surface area contributed by atoms with Gasteiger partial charge in [0.1, 0.15) is 0 Å². The first kappa shape index (κ1) is 13.4. The van der Waals surface area contributed by atoms with Crippen molar-refractivity contribution >= 4 is 28.9 Å². The number of carbonyl (C=O) groups excluding carboxylic acids is 1. The van der Waals surface area contributed by atoms with E-state index in [1.165, 1.54) is 4.90 Å². The molecule has 3 nitrogen and oxygen atoms in total. The minimum Gasteiger partial charge on any atom is -0.399 e. The van der Waals surface area contributed by atoms with Gasteiger partial charge in [0.2, 0.25) is 0 Å². The molecule has 0 atom stereocenters. The Bertz CT molecular complexity index is 625. The van der Waals surface area contributed by atoms with Crippen LogP contribution in [-0.2, 0) is 0 Å². The van der Waals surface area contributed by atoms with Gasteiger partial charge >= 0.3 is 0 Å². The monoisotopic (exact) mass is 274 g/mol. The minimum absolute atomic E-state index is 0.157. The molecule has 0 radical (unpaired) electrons. The van der Waals surface area contributed by atoms with Gasteiger partial charge in [0.15, 0.2) is 0 Å². The van der Waals surface area contributed by atoms with Crippen molar-refractivity contribution in [3.05, 3.63) is 58.6 Å². The van der Waals surface area contributed by atoms with Crippen molar-refractivity contribution in [2.24, 2.45) is 0 Å². The number of halogens is 1. The number of anilines is 2. The summed E-state index contributed by atoms with van der Waals surface area (Å²) >= 11 is 6.11. The molecular formula is C15H15ClN2O. The predicted octanol–water partition coefficient (Wildman–Crippen LogP) is 3.51. The Labute approximate surface area is 117 Å². The van der Waals surface area contributed by atoms with Crippen molar-refractivity contribution in [3.63, 3.8) is 0 Å². The maximum absolute atomic E-state index is 12.4. The van der Waals surface area contributed by atoms with Crippen molar-refractivity contribution in [3.8, 4) is 0 Å². The third-order valence-corrected chi connectivity index (χ3v) is 3.23. The molecule has 0 aliphatic carbocycles. The van der Waals surface area contributed by atoms with Gasteiger partial charge in [-0.25, -0.2) is 0 Å². The van der Waals surface area contributed by atoms with Crippen LogP contribution in [0, 0.1) is 6.92 Å². The number of carbonyl (C=O) groups is 1. The lowest BCUT2D eigenvalue weighted by atomic mass is 10.1. The summed E-state index contributed by atoms with van der Waals surface area (Å²) in [6.45, 7) is 1.93. The standard InChI is InChI=1S/C15H15ClN2O/c1-10-6-7-13(14(16)8-10)15(19)18(2)12-5-3-4-11(17)9-12/h3-9H,17H2,1-2H3. The van der Waals surface area contributed by atoms with Gasteiger partial charge in [-0.1, -0.05) is 23.7 Å². The van der Waals surface area contributed by atoms with Crippen LogP contribution in [0.2, 0.25) is 5.02 Å². The summed E-state index contributed by atoms with van der Waals surface area (Å²) in [5, 5.41) is 0.459. The topological polar surface area (TPSA) is 46.3 Å². The first-order chi connectivity index (χ1) is 8.99. The van der Waals surface area contributed by atoms with Gasteiger partial charge in [-0.2, -0.15) is 0 Å². The predicted molar refractivity (Wildman–Crippen MR) is 79.8 cm³/mol. The maximum Gasteiger partial charge on any atom is 0.259 e. The highest BCUT2D eigenvalue weighted by Crippen LogP contribution is 2.23. The van der Waals surface area contributed by atoms with Gasteiger partial charge in [-0.05, 0) is 42.8 Å². The Morgan fingerprint density at radius 1 is 1.21 bits per heavy atom. The van der Waals surface area contributed by atoms with Gasteiger partial charge in [-0.15, -0.1) is 0 Å². The molecular weight excluding hydrogens is 260 g/mol. The van der Waals surface area contributed by atoms with Crippen molar-refractivity contribution in [1.82, 2.24) is 0 Å². The number of nitrogens with zero attached hydrogens (tertiary/aromatic N) is 1. The van der Waals surface area contributed by atoms with Crippen LogP contribution in [0.3, 0.4) is 0 Å². The summed E-state index contributed by atoms with van der Waals surface area (Å²) in [7, 11) is 1.70. The zero-order valence-corrected chi connectivity index (χ0v) is 11.6. The number of amides is 1. The van der Waals surface area contributed by atoms with E-state index in [1.54, 1.807) is 31.3 Å². The minimum atomic E-state index is -0.157. The van der Waals surface area contributed by atoms with Crippen LogP contribution < -0.4 is 10.6 Å². The lowest BCUT2D eigenvalue weighted by Gasteiger charge is -2.18. The summed E-state index contributed by atoms with van der Waals surface area (Å²) in [6.07, 6.45) is 0. The highest BCUT2D eigenvalue weighted by molar-refractivity contribution is 6.34. The third-order valence-electron chi connectivity index (χ3n) is 2.92. The molecule has 2 N–H and O–H groups in total. The van der Waals surface area contributed by atoms with E-state index in [4.69, 9.17) is 17.3 Å². The molecule has 19 heavy (non-hydrogen) atoms. The van der Waals surface area contributed by atoms with Crippen LogP contribution in [0.25, 0.3) is 0 Å². The SMILES string of the molecule is Cc1ccc(C(=O)N(C)c2cccc(N)c2)c(Cl)c1. The zero-order chi connectivity index (χ0) is 14.0. The Morgan fingerprint density at radius 3 is 2.58 bits per heavy atom. The van der Waals surface area contributed by atoms with Crippen LogP contribution in [-0.4, -0.2) is 13.0 Å². The van der Waals surface area contributed by atoms with Crippen molar-refractivity contribution in [2.75, 3.05) is 17.7 Å². The highest BCUT2D eigenvalue weighted by atomic mass is 35.5. The molecule has 0 unspecified atom stereocenters. The van der Waals surface area contributed by atoms with Crippen molar-refractivity contribution in [2.45, 2.75) is 6.92 Å². The molecule has 1 amide bonds. The molecule has 2 rings (SSSR count). The normalized spacial score (nSPS) is 10.3. The van der Waals surface area contributed by atoms with Crippen LogP contribution in [0.1, 0.15) is 15.9 Å². The van der Waals surface area contributed by atoms with E-state index in [-0.39, 0.29) is 5.91 Å². The fourth-order valence-electron chi connectivity index (χ4n) is 1.82. The number of rotatable bonds is 2.